The predicted octanol–water partition coefficient (Wildman–Crippen LogP) is 0.939. The highest BCUT2D eigenvalue weighted by Crippen LogP contribution is 2.30. The fourth-order valence-electron chi connectivity index (χ4n) is 2.09. The highest BCUT2D eigenvalue weighted by molar-refractivity contribution is 7.90. The van der Waals surface area contributed by atoms with Gasteiger partial charge in [-0.05, 0) is 31.4 Å². The number of nitrogens with two attached hydrogens (primary N) is 1. The number of hydrogen-bond acceptors (Lipinski definition) is 3. The lowest BCUT2D eigenvalue weighted by Gasteiger charge is -2.20. The van der Waals surface area contributed by atoms with Crippen molar-refractivity contribution in [3.05, 3.63) is 35.4 Å². The fourth-order valence-corrected chi connectivity index (χ4v) is 3.02. The molecule has 0 saturated carbocycles. The van der Waals surface area contributed by atoms with Gasteiger partial charge in [0.1, 0.15) is 0 Å². The van der Waals surface area contributed by atoms with E-state index in [0.29, 0.717) is 0 Å². The van der Waals surface area contributed by atoms with Gasteiger partial charge in [-0.1, -0.05) is 24.3 Å². The average molecular weight is 254 g/mol. The van der Waals surface area contributed by atoms with Crippen LogP contribution in [-0.2, 0) is 16.4 Å². The van der Waals surface area contributed by atoms with Crippen molar-refractivity contribution in [2.24, 2.45) is 5.73 Å². The van der Waals surface area contributed by atoms with Crippen LogP contribution in [0.3, 0.4) is 0 Å². The Morgan fingerprint density at radius 2 is 2.00 bits per heavy atom. The van der Waals surface area contributed by atoms with E-state index in [2.05, 4.69) is 4.72 Å². The van der Waals surface area contributed by atoms with Gasteiger partial charge in [0.25, 0.3) is 0 Å². The third kappa shape index (κ3) is 2.36. The second kappa shape index (κ2) is 4.40. The van der Waals surface area contributed by atoms with Gasteiger partial charge >= 0.3 is 0 Å². The Hall–Kier alpha value is -0.910. The van der Waals surface area contributed by atoms with Crippen molar-refractivity contribution in [3.8, 4) is 0 Å². The normalized spacial score (nSPS) is 24.0. The molecule has 2 unspecified atom stereocenters. The fraction of sp³-hybridized carbons (Fsp3) is 0.500. The molecule has 1 aliphatic rings. The van der Waals surface area contributed by atoms with Gasteiger partial charge in [-0.2, -0.15) is 0 Å². The van der Waals surface area contributed by atoms with E-state index in [4.69, 9.17) is 5.73 Å². The molecule has 1 aromatic rings. The highest BCUT2D eigenvalue weighted by Gasteiger charge is 2.33. The molecule has 94 valence electrons. The van der Waals surface area contributed by atoms with Crippen molar-refractivity contribution in [3.63, 3.8) is 0 Å². The van der Waals surface area contributed by atoms with E-state index in [9.17, 15) is 8.42 Å². The van der Waals surface area contributed by atoms with Gasteiger partial charge in [-0.15, -0.1) is 0 Å². The number of benzene rings is 1. The monoisotopic (exact) mass is 254 g/mol. The van der Waals surface area contributed by atoms with E-state index < -0.39 is 15.3 Å². The summed E-state index contributed by atoms with van der Waals surface area (Å²) in [5.41, 5.74) is 8.15. The second-order valence-electron chi connectivity index (χ2n) is 4.76. The minimum Gasteiger partial charge on any atom is -0.326 e. The predicted molar refractivity (Wildman–Crippen MR) is 68.1 cm³/mol. The Kier molecular flexibility index (Phi) is 3.25. The molecule has 3 N–H and O–H groups in total. The standard InChI is InChI=1S/C12H18N2O2S/c1-8(2)17(15,16)14-12-10-6-4-3-5-9(10)7-11(12)13/h3-6,8,11-12,14H,7,13H2,1-2H3. The van der Waals surface area contributed by atoms with Crippen molar-refractivity contribution in [2.75, 3.05) is 0 Å². The van der Waals surface area contributed by atoms with Crippen LogP contribution in [0.1, 0.15) is 31.0 Å². The zero-order chi connectivity index (χ0) is 12.6. The van der Waals surface area contributed by atoms with Crippen molar-refractivity contribution in [1.82, 2.24) is 4.72 Å². The van der Waals surface area contributed by atoms with E-state index in [-0.39, 0.29) is 12.1 Å². The number of nitrogens with one attached hydrogen (secondary N) is 1. The van der Waals surface area contributed by atoms with Crippen LogP contribution in [-0.4, -0.2) is 19.7 Å². The number of sulfonamides is 1. The summed E-state index contributed by atoms with van der Waals surface area (Å²) in [6.45, 7) is 3.32. The summed E-state index contributed by atoms with van der Waals surface area (Å²) in [5.74, 6) is 0. The largest absolute Gasteiger partial charge is 0.326 e. The van der Waals surface area contributed by atoms with Crippen LogP contribution >= 0.6 is 0 Å². The van der Waals surface area contributed by atoms with Crippen LogP contribution in [0.4, 0.5) is 0 Å². The smallest absolute Gasteiger partial charge is 0.214 e. The molecule has 0 fully saturated rings. The number of fused-ring (bicyclic) bond motifs is 1. The first kappa shape index (κ1) is 12.5. The quantitative estimate of drug-likeness (QED) is 0.843. The Morgan fingerprint density at radius 1 is 1.35 bits per heavy atom. The third-order valence-corrected chi connectivity index (χ3v) is 5.01. The van der Waals surface area contributed by atoms with E-state index in [1.165, 1.54) is 0 Å². The average Bonchev–Trinajstić information content (AvgIpc) is 2.55. The molecule has 0 bridgehead atoms. The molecule has 17 heavy (non-hydrogen) atoms. The summed E-state index contributed by atoms with van der Waals surface area (Å²) >= 11 is 0. The Labute approximate surface area is 102 Å². The Balaban J connectivity index is 2.29. The van der Waals surface area contributed by atoms with Crippen LogP contribution in [0, 0.1) is 0 Å². The summed E-state index contributed by atoms with van der Waals surface area (Å²) in [4.78, 5) is 0. The lowest BCUT2D eigenvalue weighted by Crippen LogP contribution is -2.41. The topological polar surface area (TPSA) is 72.2 Å². The first-order valence-corrected chi connectivity index (χ1v) is 7.31. The lowest BCUT2D eigenvalue weighted by atomic mass is 10.1. The van der Waals surface area contributed by atoms with Gasteiger partial charge in [-0.3, -0.25) is 0 Å². The number of rotatable bonds is 3. The molecule has 0 aromatic heterocycles. The summed E-state index contributed by atoms with van der Waals surface area (Å²) in [6, 6.07) is 7.33. The molecule has 0 radical (unpaired) electrons. The van der Waals surface area contributed by atoms with Crippen LogP contribution in [0.5, 0.6) is 0 Å². The number of hydrogen-bond donors (Lipinski definition) is 2. The van der Waals surface area contributed by atoms with Crippen LogP contribution in [0.15, 0.2) is 24.3 Å². The van der Waals surface area contributed by atoms with Crippen LogP contribution in [0.2, 0.25) is 0 Å². The van der Waals surface area contributed by atoms with Crippen molar-refractivity contribution in [2.45, 2.75) is 37.6 Å². The maximum Gasteiger partial charge on any atom is 0.214 e. The highest BCUT2D eigenvalue weighted by atomic mass is 32.2. The molecule has 0 heterocycles. The molecular weight excluding hydrogens is 236 g/mol. The van der Waals surface area contributed by atoms with Crippen LogP contribution in [0.25, 0.3) is 0 Å². The zero-order valence-electron chi connectivity index (χ0n) is 10.1. The Bertz CT molecular complexity index is 511. The van der Waals surface area contributed by atoms with Gasteiger partial charge in [-0.25, -0.2) is 13.1 Å². The summed E-state index contributed by atoms with van der Waals surface area (Å²) in [7, 11) is -3.29. The minimum absolute atomic E-state index is 0.180. The molecule has 0 aliphatic heterocycles. The maximum atomic E-state index is 11.9. The first-order valence-electron chi connectivity index (χ1n) is 5.76. The SMILES string of the molecule is CC(C)S(=O)(=O)NC1c2ccccc2CC1N. The maximum absolute atomic E-state index is 11.9. The summed E-state index contributed by atoms with van der Waals surface area (Å²) in [5, 5.41) is -0.442. The molecule has 2 atom stereocenters. The lowest BCUT2D eigenvalue weighted by molar-refractivity contribution is 0.512. The van der Waals surface area contributed by atoms with Gasteiger partial charge in [0.15, 0.2) is 0 Å². The van der Waals surface area contributed by atoms with Gasteiger partial charge < -0.3 is 5.73 Å². The van der Waals surface area contributed by atoms with Crippen molar-refractivity contribution in [1.29, 1.82) is 0 Å². The van der Waals surface area contributed by atoms with E-state index in [1.54, 1.807) is 13.8 Å². The van der Waals surface area contributed by atoms with E-state index in [0.717, 1.165) is 17.5 Å². The second-order valence-corrected chi connectivity index (χ2v) is 7.02. The molecular formula is C12H18N2O2S. The molecule has 0 spiro atoms. The van der Waals surface area contributed by atoms with E-state index >= 15 is 0 Å². The third-order valence-electron chi connectivity index (χ3n) is 3.19. The molecule has 5 heteroatoms. The molecule has 4 nitrogen and oxygen atoms in total. The van der Waals surface area contributed by atoms with Gasteiger partial charge in [0, 0.05) is 6.04 Å². The van der Waals surface area contributed by atoms with E-state index in [1.807, 2.05) is 24.3 Å². The minimum atomic E-state index is -3.29. The van der Waals surface area contributed by atoms with Gasteiger partial charge in [0.2, 0.25) is 10.0 Å². The molecule has 0 amide bonds. The van der Waals surface area contributed by atoms with Crippen molar-refractivity contribution >= 4 is 10.0 Å². The molecule has 0 saturated heterocycles. The summed E-state index contributed by atoms with van der Waals surface area (Å²) in [6.07, 6.45) is 0.724. The molecule has 1 aromatic carbocycles. The van der Waals surface area contributed by atoms with Crippen molar-refractivity contribution < 1.29 is 8.42 Å². The zero-order valence-corrected chi connectivity index (χ0v) is 10.9. The van der Waals surface area contributed by atoms with Crippen LogP contribution < -0.4 is 10.5 Å². The summed E-state index contributed by atoms with van der Waals surface area (Å²) < 4.78 is 26.5. The molecule has 1 aliphatic carbocycles. The Morgan fingerprint density at radius 3 is 2.65 bits per heavy atom. The molecule has 2 rings (SSSR count). The van der Waals surface area contributed by atoms with Gasteiger partial charge in [0.05, 0.1) is 11.3 Å². The first-order chi connectivity index (χ1) is 7.92.